The summed E-state index contributed by atoms with van der Waals surface area (Å²) in [6, 6.07) is 24.8. The van der Waals surface area contributed by atoms with Gasteiger partial charge >= 0.3 is 11.9 Å². The molecule has 0 atom stereocenters. The lowest BCUT2D eigenvalue weighted by molar-refractivity contribution is -0.137. The second-order valence-electron chi connectivity index (χ2n) is 8.45. The van der Waals surface area contributed by atoms with E-state index in [4.69, 9.17) is 18.9 Å². The Morgan fingerprint density at radius 2 is 1.38 bits per heavy atom. The molecule has 0 amide bonds. The van der Waals surface area contributed by atoms with Crippen LogP contribution < -0.4 is 9.47 Å². The van der Waals surface area contributed by atoms with Gasteiger partial charge < -0.3 is 23.8 Å². The van der Waals surface area contributed by atoms with Gasteiger partial charge in [0.1, 0.15) is 18.1 Å². The van der Waals surface area contributed by atoms with Crippen molar-refractivity contribution in [1.29, 1.82) is 0 Å². The van der Waals surface area contributed by atoms with Gasteiger partial charge in [-0.05, 0) is 41.0 Å². The van der Waals surface area contributed by atoms with Gasteiger partial charge in [0.25, 0.3) is 0 Å². The predicted molar refractivity (Wildman–Crippen MR) is 139 cm³/mol. The van der Waals surface area contributed by atoms with E-state index in [1.165, 1.54) is 14.2 Å². The van der Waals surface area contributed by atoms with Crippen LogP contribution in [0.5, 0.6) is 11.5 Å². The van der Waals surface area contributed by atoms with E-state index in [-0.39, 0.29) is 0 Å². The molecule has 0 radical (unpaired) electrons. The van der Waals surface area contributed by atoms with Crippen LogP contribution in [-0.2, 0) is 32.2 Å². The van der Waals surface area contributed by atoms with E-state index in [0.717, 1.165) is 16.9 Å². The summed E-state index contributed by atoms with van der Waals surface area (Å²) in [7, 11) is 4.26. The molecule has 7 nitrogen and oxygen atoms in total. The summed E-state index contributed by atoms with van der Waals surface area (Å²) in [5, 5.41) is 0. The summed E-state index contributed by atoms with van der Waals surface area (Å²) in [5.41, 5.74) is 3.35. The van der Waals surface area contributed by atoms with Crippen LogP contribution in [0, 0.1) is 0 Å². The molecule has 1 heterocycles. The van der Waals surface area contributed by atoms with Gasteiger partial charge in [0.15, 0.2) is 0 Å². The fraction of sp³-hybridized carbons (Fsp3) is 0.200. The first-order valence-corrected chi connectivity index (χ1v) is 11.8. The highest BCUT2D eigenvalue weighted by Crippen LogP contribution is 2.38. The minimum atomic E-state index is -0.688. The summed E-state index contributed by atoms with van der Waals surface area (Å²) < 4.78 is 21.4. The van der Waals surface area contributed by atoms with Crippen LogP contribution in [0.2, 0.25) is 0 Å². The molecular formula is C30H29NO6. The van der Waals surface area contributed by atoms with E-state index in [2.05, 4.69) is 0 Å². The van der Waals surface area contributed by atoms with Gasteiger partial charge in [0, 0.05) is 18.9 Å². The van der Waals surface area contributed by atoms with E-state index in [0.29, 0.717) is 35.6 Å². The van der Waals surface area contributed by atoms with E-state index < -0.39 is 17.9 Å². The largest absolute Gasteiger partial charge is 0.497 e. The minimum Gasteiger partial charge on any atom is -0.497 e. The topological polar surface area (TPSA) is 74.3 Å². The Morgan fingerprint density at radius 3 is 1.97 bits per heavy atom. The number of hydrogen-bond donors (Lipinski definition) is 0. The lowest BCUT2D eigenvalue weighted by Gasteiger charge is -2.30. The zero-order valence-electron chi connectivity index (χ0n) is 21.0. The van der Waals surface area contributed by atoms with Crippen LogP contribution in [0.3, 0.4) is 0 Å². The molecule has 0 N–H and O–H groups in total. The first-order chi connectivity index (χ1) is 18.0. The first-order valence-electron chi connectivity index (χ1n) is 11.8. The molecule has 1 aliphatic heterocycles. The smallest absolute Gasteiger partial charge is 0.336 e. The molecule has 190 valence electrons. The summed E-state index contributed by atoms with van der Waals surface area (Å²) in [6.07, 6.45) is 3.43. The lowest BCUT2D eigenvalue weighted by Crippen LogP contribution is -2.28. The Hall–Kier alpha value is -4.52. The SMILES string of the molecule is COC(=O)C1=CN(Cc2ccc(OC)cc2)C=C(C(=O)OC)C1c1cccc(OCc2ccccc2)c1. The van der Waals surface area contributed by atoms with Crippen LogP contribution in [0.4, 0.5) is 0 Å². The van der Waals surface area contributed by atoms with E-state index in [9.17, 15) is 9.59 Å². The van der Waals surface area contributed by atoms with Crippen LogP contribution in [0.25, 0.3) is 0 Å². The van der Waals surface area contributed by atoms with Gasteiger partial charge in [-0.15, -0.1) is 0 Å². The summed E-state index contributed by atoms with van der Waals surface area (Å²) in [6.45, 7) is 0.821. The lowest BCUT2D eigenvalue weighted by atomic mass is 9.83. The van der Waals surface area contributed by atoms with Crippen LogP contribution in [-0.4, -0.2) is 38.2 Å². The summed E-state index contributed by atoms with van der Waals surface area (Å²) >= 11 is 0. The fourth-order valence-corrected chi connectivity index (χ4v) is 4.20. The van der Waals surface area contributed by atoms with Crippen molar-refractivity contribution in [2.24, 2.45) is 0 Å². The molecule has 1 aliphatic rings. The third kappa shape index (κ3) is 6.19. The standard InChI is InChI=1S/C30H29NO6/c1-34-24-14-12-21(13-15-24)17-31-18-26(29(32)35-2)28(27(19-31)30(33)36-3)23-10-7-11-25(16-23)37-20-22-8-5-4-6-9-22/h4-16,18-19,28H,17,20H2,1-3H3. The van der Waals surface area contributed by atoms with Gasteiger partial charge in [0.2, 0.25) is 0 Å². The number of nitrogens with zero attached hydrogens (tertiary/aromatic N) is 1. The van der Waals surface area contributed by atoms with Crippen molar-refractivity contribution in [2.75, 3.05) is 21.3 Å². The number of rotatable bonds is 9. The molecule has 0 spiro atoms. The Balaban J connectivity index is 1.67. The zero-order valence-corrected chi connectivity index (χ0v) is 21.0. The number of benzene rings is 3. The van der Waals surface area contributed by atoms with Crippen molar-refractivity contribution in [2.45, 2.75) is 19.1 Å². The zero-order chi connectivity index (χ0) is 26.2. The highest BCUT2D eigenvalue weighted by Gasteiger charge is 2.35. The van der Waals surface area contributed by atoms with E-state index >= 15 is 0 Å². The summed E-state index contributed by atoms with van der Waals surface area (Å²) in [5.74, 6) is -0.388. The highest BCUT2D eigenvalue weighted by molar-refractivity contribution is 5.98. The number of methoxy groups -OCH3 is 3. The predicted octanol–water partition coefficient (Wildman–Crippen LogP) is 4.99. The number of esters is 2. The third-order valence-electron chi connectivity index (χ3n) is 6.04. The monoisotopic (exact) mass is 499 g/mol. The number of ether oxygens (including phenoxy) is 4. The molecule has 0 bridgehead atoms. The molecular weight excluding hydrogens is 470 g/mol. The maximum atomic E-state index is 12.9. The van der Waals surface area contributed by atoms with Crippen molar-refractivity contribution < 1.29 is 28.5 Å². The van der Waals surface area contributed by atoms with Crippen LogP contribution in [0.1, 0.15) is 22.6 Å². The minimum absolute atomic E-state index is 0.319. The molecule has 0 unspecified atom stereocenters. The first kappa shape index (κ1) is 25.6. The van der Waals surface area contributed by atoms with Crippen molar-refractivity contribution in [1.82, 2.24) is 4.90 Å². The Morgan fingerprint density at radius 1 is 0.730 bits per heavy atom. The Bertz CT molecular complexity index is 1260. The van der Waals surface area contributed by atoms with Gasteiger partial charge in [-0.2, -0.15) is 0 Å². The molecule has 3 aromatic rings. The Labute approximate surface area is 216 Å². The van der Waals surface area contributed by atoms with Gasteiger partial charge in [-0.1, -0.05) is 54.6 Å². The van der Waals surface area contributed by atoms with Crippen molar-refractivity contribution in [3.05, 3.63) is 119 Å². The van der Waals surface area contributed by atoms with Crippen LogP contribution >= 0.6 is 0 Å². The number of carbonyl (C=O) groups is 2. The molecule has 37 heavy (non-hydrogen) atoms. The average molecular weight is 500 g/mol. The quantitative estimate of drug-likeness (QED) is 0.384. The van der Waals surface area contributed by atoms with Gasteiger partial charge in [0.05, 0.1) is 38.4 Å². The second-order valence-corrected chi connectivity index (χ2v) is 8.45. The summed E-state index contributed by atoms with van der Waals surface area (Å²) in [4.78, 5) is 27.7. The fourth-order valence-electron chi connectivity index (χ4n) is 4.20. The molecule has 0 saturated heterocycles. The molecule has 0 fully saturated rings. The van der Waals surface area contributed by atoms with E-state index in [1.54, 1.807) is 24.4 Å². The number of carbonyl (C=O) groups excluding carboxylic acids is 2. The molecule has 0 aliphatic carbocycles. The van der Waals surface area contributed by atoms with Crippen molar-refractivity contribution in [3.63, 3.8) is 0 Å². The molecule has 0 aromatic heterocycles. The maximum Gasteiger partial charge on any atom is 0.336 e. The highest BCUT2D eigenvalue weighted by atomic mass is 16.5. The molecule has 3 aromatic carbocycles. The van der Waals surface area contributed by atoms with Crippen molar-refractivity contribution in [3.8, 4) is 11.5 Å². The average Bonchev–Trinajstić information content (AvgIpc) is 2.95. The van der Waals surface area contributed by atoms with Crippen molar-refractivity contribution >= 4 is 11.9 Å². The maximum absolute atomic E-state index is 12.9. The number of hydrogen-bond acceptors (Lipinski definition) is 7. The third-order valence-corrected chi connectivity index (χ3v) is 6.04. The van der Waals surface area contributed by atoms with E-state index in [1.807, 2.05) is 78.9 Å². The van der Waals surface area contributed by atoms with Gasteiger partial charge in [-0.25, -0.2) is 9.59 Å². The second kappa shape index (κ2) is 11.9. The van der Waals surface area contributed by atoms with Gasteiger partial charge in [-0.3, -0.25) is 0 Å². The normalized spacial score (nSPS) is 13.3. The van der Waals surface area contributed by atoms with Crippen LogP contribution in [0.15, 0.2) is 102 Å². The molecule has 7 heteroatoms. The molecule has 0 saturated carbocycles. The Kier molecular flexibility index (Phi) is 8.26. The molecule has 4 rings (SSSR count).